The number of methoxy groups -OCH3 is 1. The minimum atomic E-state index is -0.522. The Morgan fingerprint density at radius 2 is 1.76 bits per heavy atom. The first-order valence-electron chi connectivity index (χ1n) is 12.1. The zero-order chi connectivity index (χ0) is 23.4. The van der Waals surface area contributed by atoms with Gasteiger partial charge in [0, 0.05) is 48.6 Å². The summed E-state index contributed by atoms with van der Waals surface area (Å²) < 4.78 is 34.5. The first-order valence-corrected chi connectivity index (χ1v) is 12.1. The van der Waals surface area contributed by atoms with Crippen molar-refractivity contribution < 1.29 is 13.5 Å². The van der Waals surface area contributed by atoms with Crippen LogP contribution in [-0.4, -0.2) is 43.4 Å². The van der Waals surface area contributed by atoms with Crippen LogP contribution in [0.3, 0.4) is 0 Å². The fraction of sp³-hybridized carbons (Fsp3) is 0.577. The fourth-order valence-corrected chi connectivity index (χ4v) is 4.59. The summed E-state index contributed by atoms with van der Waals surface area (Å²) in [7, 11) is 1.72. The summed E-state index contributed by atoms with van der Waals surface area (Å²) in [5.74, 6) is -0.379. The lowest BCUT2D eigenvalue weighted by Gasteiger charge is -2.31. The zero-order valence-electron chi connectivity index (χ0n) is 19.9. The maximum atomic E-state index is 14.7. The van der Waals surface area contributed by atoms with Crippen molar-refractivity contribution in [1.82, 2.24) is 10.3 Å². The molecule has 0 spiro atoms. The van der Waals surface area contributed by atoms with Gasteiger partial charge >= 0.3 is 0 Å². The third-order valence-corrected chi connectivity index (χ3v) is 6.95. The van der Waals surface area contributed by atoms with E-state index in [1.54, 1.807) is 25.3 Å². The van der Waals surface area contributed by atoms with E-state index in [0.29, 0.717) is 29.9 Å². The smallest absolute Gasteiger partial charge is 0.149 e. The molecule has 2 aliphatic carbocycles. The predicted molar refractivity (Wildman–Crippen MR) is 130 cm³/mol. The lowest BCUT2D eigenvalue weighted by atomic mass is 9.90. The number of benzene rings is 1. The molecule has 180 valence electrons. The van der Waals surface area contributed by atoms with Gasteiger partial charge in [0.25, 0.3) is 0 Å². The number of rotatable bonds is 10. The van der Waals surface area contributed by atoms with E-state index < -0.39 is 11.6 Å². The topological polar surface area (TPSA) is 58.2 Å². The van der Waals surface area contributed by atoms with Crippen LogP contribution in [-0.2, 0) is 4.74 Å². The van der Waals surface area contributed by atoms with Crippen molar-refractivity contribution in [2.24, 2.45) is 5.41 Å². The van der Waals surface area contributed by atoms with Gasteiger partial charge in [-0.3, -0.25) is 0 Å². The maximum absolute atomic E-state index is 14.7. The van der Waals surface area contributed by atoms with Crippen LogP contribution in [0.25, 0.3) is 11.1 Å². The van der Waals surface area contributed by atoms with Gasteiger partial charge in [0.1, 0.15) is 17.5 Å². The number of aromatic nitrogens is 1. The second-order valence-corrected chi connectivity index (χ2v) is 10.1. The van der Waals surface area contributed by atoms with E-state index in [1.165, 1.54) is 25.1 Å². The molecule has 0 saturated heterocycles. The summed E-state index contributed by atoms with van der Waals surface area (Å²) >= 11 is 0. The Balaban J connectivity index is 1.40. The number of anilines is 2. The molecule has 2 aliphatic rings. The van der Waals surface area contributed by atoms with Crippen molar-refractivity contribution >= 4 is 11.5 Å². The molecule has 1 unspecified atom stereocenters. The second kappa shape index (κ2) is 10.3. The highest BCUT2D eigenvalue weighted by Gasteiger charge is 2.36. The summed E-state index contributed by atoms with van der Waals surface area (Å²) in [6.45, 7) is 5.90. The molecular formula is C26H36F2N4O. The van der Waals surface area contributed by atoms with Gasteiger partial charge in [-0.05, 0) is 75.1 Å². The molecule has 0 amide bonds. The Kier molecular flexibility index (Phi) is 7.49. The van der Waals surface area contributed by atoms with E-state index in [0.717, 1.165) is 37.9 Å². The summed E-state index contributed by atoms with van der Waals surface area (Å²) in [4.78, 5) is 4.22. The first kappa shape index (κ1) is 23.9. The molecule has 33 heavy (non-hydrogen) atoms. The molecule has 3 N–H and O–H groups in total. The Labute approximate surface area is 195 Å². The second-order valence-electron chi connectivity index (χ2n) is 10.1. The monoisotopic (exact) mass is 458 g/mol. The summed E-state index contributed by atoms with van der Waals surface area (Å²) in [6, 6.07) is 7.52. The van der Waals surface area contributed by atoms with Crippen LogP contribution in [0.4, 0.5) is 20.3 Å². The van der Waals surface area contributed by atoms with E-state index in [9.17, 15) is 8.78 Å². The Bertz CT molecular complexity index is 942. The van der Waals surface area contributed by atoms with Crippen molar-refractivity contribution in [3.05, 3.63) is 42.1 Å². The standard InChI is InChI=1S/C26H36F2N4O/c1-17(15-33-3)31-18-4-6-19(7-5-18)32-25-13-22(24(28)14-29-25)21-12-20(8-9-23(21)27)30-16-26(2)10-11-26/h8-9,12-14,17-19,30-31H,4-7,10-11,15-16H2,1-3H3,(H,29,32). The minimum Gasteiger partial charge on any atom is -0.384 e. The summed E-state index contributed by atoms with van der Waals surface area (Å²) in [5.41, 5.74) is 1.61. The summed E-state index contributed by atoms with van der Waals surface area (Å²) in [6.07, 6.45) is 7.69. The van der Waals surface area contributed by atoms with Crippen LogP contribution in [0.2, 0.25) is 0 Å². The Hall–Kier alpha value is -2.25. The van der Waals surface area contributed by atoms with Gasteiger partial charge in [0.05, 0.1) is 12.8 Å². The van der Waals surface area contributed by atoms with Gasteiger partial charge in [-0.25, -0.2) is 13.8 Å². The highest BCUT2D eigenvalue weighted by Crippen LogP contribution is 2.45. The van der Waals surface area contributed by atoms with Gasteiger partial charge in [-0.15, -0.1) is 0 Å². The Morgan fingerprint density at radius 1 is 1.06 bits per heavy atom. The van der Waals surface area contributed by atoms with Crippen LogP contribution in [0, 0.1) is 17.0 Å². The normalized spacial score (nSPS) is 22.6. The van der Waals surface area contributed by atoms with E-state index in [4.69, 9.17) is 4.74 Å². The number of nitrogens with one attached hydrogen (secondary N) is 3. The molecule has 4 rings (SSSR count). The van der Waals surface area contributed by atoms with E-state index >= 15 is 0 Å². The number of ether oxygens (including phenoxy) is 1. The third kappa shape index (κ3) is 6.42. The van der Waals surface area contributed by atoms with Crippen molar-refractivity contribution in [3.8, 4) is 11.1 Å². The van der Waals surface area contributed by atoms with Crippen molar-refractivity contribution in [1.29, 1.82) is 0 Å². The molecule has 0 bridgehead atoms. The van der Waals surface area contributed by atoms with Crippen LogP contribution in [0.15, 0.2) is 30.5 Å². The highest BCUT2D eigenvalue weighted by molar-refractivity contribution is 5.71. The molecule has 2 aromatic rings. The summed E-state index contributed by atoms with van der Waals surface area (Å²) in [5, 5.41) is 10.4. The number of hydrogen-bond donors (Lipinski definition) is 3. The molecule has 2 saturated carbocycles. The number of hydrogen-bond acceptors (Lipinski definition) is 5. The Morgan fingerprint density at radius 3 is 2.45 bits per heavy atom. The van der Waals surface area contributed by atoms with Gasteiger partial charge in [-0.2, -0.15) is 0 Å². The molecule has 2 fully saturated rings. The fourth-order valence-electron chi connectivity index (χ4n) is 4.59. The van der Waals surface area contributed by atoms with Crippen LogP contribution in [0.5, 0.6) is 0 Å². The van der Waals surface area contributed by atoms with Crippen LogP contribution in [0.1, 0.15) is 52.4 Å². The lowest BCUT2D eigenvalue weighted by molar-refractivity contribution is 0.161. The first-order chi connectivity index (χ1) is 15.8. The minimum absolute atomic E-state index is 0.232. The number of halogens is 2. The maximum Gasteiger partial charge on any atom is 0.149 e. The molecule has 5 nitrogen and oxygen atoms in total. The highest BCUT2D eigenvalue weighted by atomic mass is 19.1. The van der Waals surface area contributed by atoms with Gasteiger partial charge < -0.3 is 20.7 Å². The molecule has 0 radical (unpaired) electrons. The molecule has 1 aromatic heterocycles. The quantitative estimate of drug-likeness (QED) is 0.434. The van der Waals surface area contributed by atoms with Crippen LogP contribution < -0.4 is 16.0 Å². The molecule has 1 aromatic carbocycles. The van der Waals surface area contributed by atoms with Gasteiger partial charge in [-0.1, -0.05) is 6.92 Å². The SMILES string of the molecule is COCC(C)NC1CCC(Nc2cc(-c3cc(NCC4(C)CC4)ccc3F)c(F)cn2)CC1. The van der Waals surface area contributed by atoms with Crippen molar-refractivity contribution in [3.63, 3.8) is 0 Å². The van der Waals surface area contributed by atoms with E-state index in [-0.39, 0.29) is 17.2 Å². The molecule has 0 aliphatic heterocycles. The number of pyridine rings is 1. The van der Waals surface area contributed by atoms with Crippen molar-refractivity contribution in [2.45, 2.75) is 70.5 Å². The zero-order valence-corrected chi connectivity index (χ0v) is 19.9. The molecule has 7 heteroatoms. The predicted octanol–water partition coefficient (Wildman–Crippen LogP) is 5.59. The third-order valence-electron chi connectivity index (χ3n) is 6.95. The average molecular weight is 459 g/mol. The molecular weight excluding hydrogens is 422 g/mol. The largest absolute Gasteiger partial charge is 0.384 e. The van der Waals surface area contributed by atoms with Gasteiger partial charge in [0.2, 0.25) is 0 Å². The average Bonchev–Trinajstić information content (AvgIpc) is 3.53. The van der Waals surface area contributed by atoms with Crippen LogP contribution >= 0.6 is 0 Å². The van der Waals surface area contributed by atoms with E-state index in [2.05, 4.69) is 34.8 Å². The van der Waals surface area contributed by atoms with Crippen molar-refractivity contribution in [2.75, 3.05) is 30.9 Å². The molecule has 1 atom stereocenters. The lowest BCUT2D eigenvalue weighted by Crippen LogP contribution is -2.42. The molecule has 1 heterocycles. The van der Waals surface area contributed by atoms with Gasteiger partial charge in [0.15, 0.2) is 0 Å². The van der Waals surface area contributed by atoms with E-state index in [1.807, 2.05) is 0 Å². The number of nitrogens with zero attached hydrogens (tertiary/aromatic N) is 1.